The van der Waals surface area contributed by atoms with E-state index in [1.54, 1.807) is 0 Å². The summed E-state index contributed by atoms with van der Waals surface area (Å²) in [5, 5.41) is 57.9. The van der Waals surface area contributed by atoms with E-state index in [-0.39, 0.29) is 0 Å². The molecule has 37 heavy (non-hydrogen) atoms. The number of carbonyl (C=O) groups is 2. The number of phosphoric ester groups is 1. The summed E-state index contributed by atoms with van der Waals surface area (Å²) < 4.78 is 43.0. The number of H-pyrrole nitrogens is 1. The van der Waals surface area contributed by atoms with Crippen LogP contribution < -0.4 is 11.2 Å². The second-order valence-electron chi connectivity index (χ2n) is 7.35. The number of aromatic nitrogens is 2. The average Bonchev–Trinajstić information content (AvgIpc) is 3.07. The maximum absolute atomic E-state index is 12.8. The lowest BCUT2D eigenvalue weighted by Gasteiger charge is -2.27. The van der Waals surface area contributed by atoms with E-state index in [0.29, 0.717) is 4.57 Å². The number of rotatable bonds is 13. The van der Waals surface area contributed by atoms with Crippen molar-refractivity contribution in [2.75, 3.05) is 6.61 Å². The number of aliphatic hydroxyl groups is 5. The summed E-state index contributed by atoms with van der Waals surface area (Å²) in [6.07, 6.45) is -17.1. The van der Waals surface area contributed by atoms with Gasteiger partial charge in [-0.15, -0.1) is 0 Å². The number of carboxylic acid groups (broad SMARTS) is 1. The molecule has 9 atom stereocenters. The molecular formula is C15H22N2O18P2. The van der Waals surface area contributed by atoms with Crippen LogP contribution in [-0.2, 0) is 36.8 Å². The Kier molecular flexibility index (Phi) is 10.2. The van der Waals surface area contributed by atoms with Gasteiger partial charge in [-0.25, -0.2) is 18.7 Å². The zero-order valence-electron chi connectivity index (χ0n) is 18.1. The molecule has 1 aromatic heterocycles. The van der Waals surface area contributed by atoms with E-state index in [1.165, 1.54) is 0 Å². The number of aliphatic hydroxyl groups excluding tert-OH is 5. The van der Waals surface area contributed by atoms with Gasteiger partial charge in [0.05, 0.1) is 6.61 Å². The lowest BCUT2D eigenvalue weighted by atomic mass is 10.0. The van der Waals surface area contributed by atoms with Gasteiger partial charge < -0.3 is 50.0 Å². The third-order valence-electron chi connectivity index (χ3n) is 4.71. The molecule has 0 bridgehead atoms. The Morgan fingerprint density at radius 2 is 1.78 bits per heavy atom. The van der Waals surface area contributed by atoms with Crippen LogP contribution in [-0.4, -0.2) is 112 Å². The molecule has 1 unspecified atom stereocenters. The summed E-state index contributed by atoms with van der Waals surface area (Å²) in [6.45, 7) is -1.17. The molecule has 1 aromatic rings. The lowest BCUT2D eigenvalue weighted by Crippen LogP contribution is -2.48. The Labute approximate surface area is 204 Å². The van der Waals surface area contributed by atoms with Crippen LogP contribution in [0.25, 0.3) is 0 Å². The largest absolute Gasteiger partial charge is 0.484 e. The fourth-order valence-corrected chi connectivity index (χ4v) is 5.18. The third-order valence-corrected chi connectivity index (χ3v) is 7.33. The number of nitrogens with one attached hydrogen (secondary N) is 1. The molecule has 1 saturated heterocycles. The molecule has 0 aliphatic carbocycles. The predicted octanol–water partition coefficient (Wildman–Crippen LogP) is -4.86. The van der Waals surface area contributed by atoms with Crippen molar-refractivity contribution >= 4 is 27.9 Å². The van der Waals surface area contributed by atoms with Crippen LogP contribution in [0.1, 0.15) is 6.23 Å². The number of ether oxygens (including phenoxy) is 1. The van der Waals surface area contributed by atoms with Crippen molar-refractivity contribution < 1.29 is 77.2 Å². The van der Waals surface area contributed by atoms with Crippen molar-refractivity contribution in [2.24, 2.45) is 0 Å². The Morgan fingerprint density at radius 1 is 1.16 bits per heavy atom. The van der Waals surface area contributed by atoms with Crippen LogP contribution in [0, 0.1) is 0 Å². The zero-order chi connectivity index (χ0) is 28.3. The zero-order valence-corrected chi connectivity index (χ0v) is 19.8. The van der Waals surface area contributed by atoms with E-state index in [4.69, 9.17) is 19.6 Å². The van der Waals surface area contributed by atoms with Crippen molar-refractivity contribution in [3.8, 4) is 0 Å². The molecule has 9 N–H and O–H groups in total. The van der Waals surface area contributed by atoms with E-state index in [0.717, 1.165) is 12.3 Å². The van der Waals surface area contributed by atoms with Crippen LogP contribution in [0.2, 0.25) is 0 Å². The second-order valence-corrected chi connectivity index (χ2v) is 10.3. The SMILES string of the molecule is O=C[C@H](OP(=O)(OC[C@H]1O[C@@H](n2ccc(=O)[nH]c2=O)[C@H](O)[C@@H]1O)OP(=O)(O)O)[C@@H](O)[C@H](O)[C@H](O)C(=O)O. The summed E-state index contributed by atoms with van der Waals surface area (Å²) in [7, 11) is -11.4. The summed E-state index contributed by atoms with van der Waals surface area (Å²) >= 11 is 0. The monoisotopic (exact) mass is 580 g/mol. The first kappa shape index (κ1) is 31.1. The lowest BCUT2D eigenvalue weighted by molar-refractivity contribution is -0.163. The third kappa shape index (κ3) is 7.91. The number of hydrogen-bond acceptors (Lipinski definition) is 15. The maximum atomic E-state index is 12.8. The minimum Gasteiger partial charge on any atom is -0.479 e. The second kappa shape index (κ2) is 12.1. The number of hydrogen-bond donors (Lipinski definition) is 9. The van der Waals surface area contributed by atoms with Crippen LogP contribution in [0.5, 0.6) is 0 Å². The Balaban J connectivity index is 2.23. The van der Waals surface area contributed by atoms with Crippen molar-refractivity contribution in [1.29, 1.82) is 0 Å². The van der Waals surface area contributed by atoms with E-state index >= 15 is 0 Å². The van der Waals surface area contributed by atoms with E-state index in [1.807, 2.05) is 4.98 Å². The maximum Gasteiger partial charge on any atom is 0.484 e. The molecule has 0 saturated carbocycles. The number of aliphatic carboxylic acids is 1. The minimum atomic E-state index is -5.75. The molecule has 1 aliphatic heterocycles. The van der Waals surface area contributed by atoms with Gasteiger partial charge in [0.1, 0.15) is 30.5 Å². The summed E-state index contributed by atoms with van der Waals surface area (Å²) in [6, 6.07) is 0.879. The molecule has 22 heteroatoms. The van der Waals surface area contributed by atoms with Gasteiger partial charge in [0.2, 0.25) is 0 Å². The Hall–Kier alpha value is -2.16. The van der Waals surface area contributed by atoms with E-state index < -0.39 is 94.7 Å². The van der Waals surface area contributed by atoms with Crippen molar-refractivity contribution in [3.05, 3.63) is 33.1 Å². The topological polar surface area (TPSA) is 322 Å². The number of nitrogens with zero attached hydrogens (tertiary/aromatic N) is 1. The van der Waals surface area contributed by atoms with Crippen molar-refractivity contribution in [2.45, 2.75) is 49.0 Å². The van der Waals surface area contributed by atoms with Gasteiger partial charge in [0.15, 0.2) is 24.7 Å². The molecule has 0 spiro atoms. The molecule has 0 radical (unpaired) electrons. The van der Waals surface area contributed by atoms with Gasteiger partial charge in [-0.3, -0.25) is 23.4 Å². The van der Waals surface area contributed by atoms with Gasteiger partial charge in [0, 0.05) is 12.3 Å². The fraction of sp³-hybridized carbons (Fsp3) is 0.600. The molecule has 1 fully saturated rings. The van der Waals surface area contributed by atoms with Gasteiger partial charge in [-0.2, -0.15) is 4.31 Å². The number of aromatic amines is 1. The van der Waals surface area contributed by atoms with Gasteiger partial charge in [0.25, 0.3) is 5.56 Å². The van der Waals surface area contributed by atoms with Crippen LogP contribution in [0.3, 0.4) is 0 Å². The molecule has 1 aliphatic rings. The molecule has 210 valence electrons. The van der Waals surface area contributed by atoms with Crippen LogP contribution in [0.4, 0.5) is 0 Å². The number of carboxylic acids is 1. The summed E-state index contributed by atoms with van der Waals surface area (Å²) in [4.78, 5) is 65.1. The van der Waals surface area contributed by atoms with E-state index in [2.05, 4.69) is 13.4 Å². The number of carbonyl (C=O) groups excluding carboxylic acids is 1. The number of aldehydes is 1. The minimum absolute atomic E-state index is 0.398. The highest BCUT2D eigenvalue weighted by molar-refractivity contribution is 7.61. The van der Waals surface area contributed by atoms with Crippen molar-refractivity contribution in [3.63, 3.8) is 0 Å². The van der Waals surface area contributed by atoms with Crippen LogP contribution in [0.15, 0.2) is 21.9 Å². The average molecular weight is 580 g/mol. The number of phosphoric acid groups is 2. The molecule has 0 aromatic carbocycles. The van der Waals surface area contributed by atoms with Crippen molar-refractivity contribution in [1.82, 2.24) is 9.55 Å². The predicted molar refractivity (Wildman–Crippen MR) is 111 cm³/mol. The molecule has 0 amide bonds. The summed E-state index contributed by atoms with van der Waals surface area (Å²) in [5.41, 5.74) is -1.86. The van der Waals surface area contributed by atoms with Gasteiger partial charge in [-0.1, -0.05) is 0 Å². The Bertz CT molecular complexity index is 1180. The van der Waals surface area contributed by atoms with Gasteiger partial charge in [-0.05, 0) is 0 Å². The normalized spacial score (nSPS) is 27.1. The molecular weight excluding hydrogens is 558 g/mol. The highest BCUT2D eigenvalue weighted by atomic mass is 31.3. The fourth-order valence-electron chi connectivity index (χ4n) is 2.94. The standard InChI is InChI=1S/C15H22N2O18P2/c18-3-5(8(20)10(22)12(24)14(25)26)34-37(31,35-36(28,29)30)32-4-6-9(21)11(23)13(33-6)17-2-1-7(19)16-15(17)27/h1-3,5-6,8-13,20-24H,4H2,(H,25,26)(H,16,19,27)(H2,28,29,30)/t5-,6+,8+,9+,10-,11+,12-,13+,37?/m0/s1. The molecule has 20 nitrogen and oxygen atoms in total. The highest BCUT2D eigenvalue weighted by Crippen LogP contribution is 2.62. The van der Waals surface area contributed by atoms with Crippen LogP contribution >= 0.6 is 15.6 Å². The summed E-state index contributed by atoms with van der Waals surface area (Å²) in [5.74, 6) is -2.05. The quantitative estimate of drug-likeness (QED) is 0.0780. The molecule has 2 heterocycles. The first-order chi connectivity index (χ1) is 17.0. The smallest absolute Gasteiger partial charge is 0.479 e. The van der Waals surface area contributed by atoms with E-state index in [9.17, 15) is 53.8 Å². The first-order valence-electron chi connectivity index (χ1n) is 9.75. The Morgan fingerprint density at radius 3 is 2.30 bits per heavy atom. The molecule has 2 rings (SSSR count). The highest BCUT2D eigenvalue weighted by Gasteiger charge is 2.48. The first-order valence-corrected chi connectivity index (χ1v) is 12.7. The van der Waals surface area contributed by atoms with Gasteiger partial charge >= 0.3 is 27.3 Å².